The fourth-order valence-electron chi connectivity index (χ4n) is 3.86. The lowest BCUT2D eigenvalue weighted by molar-refractivity contribution is 0.327. The third kappa shape index (κ3) is 4.96. The van der Waals surface area contributed by atoms with Crippen LogP contribution in [0.25, 0.3) is 0 Å². The molecule has 2 heteroatoms. The largest absolute Gasteiger partial charge is 0.303 e. The van der Waals surface area contributed by atoms with Crippen molar-refractivity contribution in [3.63, 3.8) is 0 Å². The third-order valence-corrected chi connectivity index (χ3v) is 5.43. The van der Waals surface area contributed by atoms with Gasteiger partial charge >= 0.3 is 0 Å². The van der Waals surface area contributed by atoms with E-state index in [2.05, 4.69) is 35.3 Å². The number of halogens is 1. The van der Waals surface area contributed by atoms with Crippen LogP contribution in [0.15, 0.2) is 48.1 Å². The van der Waals surface area contributed by atoms with Gasteiger partial charge in [0, 0.05) is 10.9 Å². The Morgan fingerprint density at radius 3 is 2.52 bits per heavy atom. The van der Waals surface area contributed by atoms with Crippen LogP contribution in [-0.4, -0.2) is 24.5 Å². The summed E-state index contributed by atoms with van der Waals surface area (Å²) in [6.07, 6.45) is 15.9. The van der Waals surface area contributed by atoms with Crippen molar-refractivity contribution >= 4 is 11.6 Å². The van der Waals surface area contributed by atoms with E-state index < -0.39 is 0 Å². The van der Waals surface area contributed by atoms with Crippen molar-refractivity contribution in [2.24, 2.45) is 0 Å². The van der Waals surface area contributed by atoms with Crippen LogP contribution in [0.1, 0.15) is 56.4 Å². The second-order valence-corrected chi connectivity index (χ2v) is 7.29. The first-order chi connectivity index (χ1) is 11.3. The smallest absolute Gasteiger partial charge is 0.0406 e. The summed E-state index contributed by atoms with van der Waals surface area (Å²) in [4.78, 5) is 2.62. The van der Waals surface area contributed by atoms with E-state index >= 15 is 0 Å². The monoisotopic (exact) mass is 329 g/mol. The summed E-state index contributed by atoms with van der Waals surface area (Å²) in [6, 6.07) is 8.50. The summed E-state index contributed by atoms with van der Waals surface area (Å²) in [5, 5.41) is 0.832. The molecular weight excluding hydrogens is 302 g/mol. The average Bonchev–Trinajstić information content (AvgIpc) is 3.10. The molecule has 124 valence electrons. The lowest BCUT2D eigenvalue weighted by Crippen LogP contribution is -2.20. The summed E-state index contributed by atoms with van der Waals surface area (Å²) in [6.45, 7) is 3.92. The highest BCUT2D eigenvalue weighted by atomic mass is 35.5. The lowest BCUT2D eigenvalue weighted by Gasteiger charge is -2.23. The fourth-order valence-corrected chi connectivity index (χ4v) is 3.99. The van der Waals surface area contributed by atoms with Crippen molar-refractivity contribution in [1.82, 2.24) is 4.90 Å². The Labute approximate surface area is 146 Å². The highest BCUT2D eigenvalue weighted by Crippen LogP contribution is 2.34. The van der Waals surface area contributed by atoms with Crippen LogP contribution in [-0.2, 0) is 0 Å². The van der Waals surface area contributed by atoms with Gasteiger partial charge in [-0.3, -0.25) is 0 Å². The SMILES string of the molecule is Clc1ccc(C(CCCCN2CCCC2)C2=CC=CCC2)cc1. The van der Waals surface area contributed by atoms with Crippen molar-refractivity contribution in [3.8, 4) is 0 Å². The molecule has 1 heterocycles. The Morgan fingerprint density at radius 1 is 1.04 bits per heavy atom. The molecule has 0 aromatic heterocycles. The molecule has 0 saturated carbocycles. The van der Waals surface area contributed by atoms with Crippen LogP contribution in [0, 0.1) is 0 Å². The Morgan fingerprint density at radius 2 is 1.83 bits per heavy atom. The average molecular weight is 330 g/mol. The van der Waals surface area contributed by atoms with Crippen LogP contribution < -0.4 is 0 Å². The molecule has 0 N–H and O–H groups in total. The molecule has 1 aliphatic heterocycles. The Hall–Kier alpha value is -1.05. The van der Waals surface area contributed by atoms with E-state index in [1.165, 1.54) is 70.1 Å². The van der Waals surface area contributed by atoms with Gasteiger partial charge in [-0.25, -0.2) is 0 Å². The van der Waals surface area contributed by atoms with Crippen LogP contribution in [0.2, 0.25) is 5.02 Å². The van der Waals surface area contributed by atoms with E-state index in [9.17, 15) is 0 Å². The lowest BCUT2D eigenvalue weighted by atomic mass is 9.83. The number of rotatable bonds is 7. The van der Waals surface area contributed by atoms with Crippen molar-refractivity contribution in [2.75, 3.05) is 19.6 Å². The molecule has 0 spiro atoms. The van der Waals surface area contributed by atoms with Crippen molar-refractivity contribution < 1.29 is 0 Å². The minimum Gasteiger partial charge on any atom is -0.303 e. The molecular formula is C21H28ClN. The molecule has 0 bridgehead atoms. The summed E-state index contributed by atoms with van der Waals surface area (Å²) in [5.74, 6) is 0.566. The molecule has 23 heavy (non-hydrogen) atoms. The molecule has 0 radical (unpaired) electrons. The topological polar surface area (TPSA) is 3.24 Å². The molecule has 2 aliphatic rings. The van der Waals surface area contributed by atoms with E-state index in [1.807, 2.05) is 12.1 Å². The van der Waals surface area contributed by atoms with Gasteiger partial charge in [-0.05, 0) is 75.9 Å². The second-order valence-electron chi connectivity index (χ2n) is 6.86. The first kappa shape index (κ1) is 16.8. The zero-order valence-corrected chi connectivity index (χ0v) is 14.8. The van der Waals surface area contributed by atoms with Gasteiger partial charge < -0.3 is 4.90 Å². The first-order valence-corrected chi connectivity index (χ1v) is 9.54. The standard InChI is InChI=1S/C21H28ClN/c22-20-13-11-19(12-14-20)21(18-8-2-1-3-9-18)10-4-5-15-23-16-6-7-17-23/h1-2,8,11-14,21H,3-7,9-10,15-17H2. The van der Waals surface area contributed by atoms with Gasteiger partial charge in [0.1, 0.15) is 0 Å². The van der Waals surface area contributed by atoms with Gasteiger partial charge in [-0.15, -0.1) is 0 Å². The first-order valence-electron chi connectivity index (χ1n) is 9.16. The molecule has 0 amide bonds. The van der Waals surface area contributed by atoms with E-state index in [4.69, 9.17) is 11.6 Å². The van der Waals surface area contributed by atoms with Gasteiger partial charge in [0.05, 0.1) is 0 Å². The number of benzene rings is 1. The molecule has 1 aromatic carbocycles. The number of nitrogens with zero attached hydrogens (tertiary/aromatic N) is 1. The molecule has 1 saturated heterocycles. The van der Waals surface area contributed by atoms with Gasteiger partial charge in [0.2, 0.25) is 0 Å². The number of unbranched alkanes of at least 4 members (excludes halogenated alkanes) is 1. The minimum atomic E-state index is 0.566. The normalized spacial score (nSPS) is 19.8. The summed E-state index contributed by atoms with van der Waals surface area (Å²) >= 11 is 6.07. The maximum absolute atomic E-state index is 6.07. The van der Waals surface area contributed by atoms with E-state index in [1.54, 1.807) is 5.57 Å². The van der Waals surface area contributed by atoms with Gasteiger partial charge in [0.25, 0.3) is 0 Å². The Kier molecular flexibility index (Phi) is 6.36. The van der Waals surface area contributed by atoms with Crippen LogP contribution in [0.5, 0.6) is 0 Å². The number of allylic oxidation sites excluding steroid dienone is 4. The van der Waals surface area contributed by atoms with Crippen molar-refractivity contribution in [1.29, 1.82) is 0 Å². The third-order valence-electron chi connectivity index (χ3n) is 5.18. The minimum absolute atomic E-state index is 0.566. The molecule has 1 atom stereocenters. The second kappa shape index (κ2) is 8.70. The number of likely N-dealkylation sites (tertiary alicyclic amines) is 1. The number of hydrogen-bond donors (Lipinski definition) is 0. The van der Waals surface area contributed by atoms with Crippen LogP contribution in [0.4, 0.5) is 0 Å². The Balaban J connectivity index is 1.59. The molecule has 1 aliphatic carbocycles. The summed E-state index contributed by atoms with van der Waals surface area (Å²) in [5.41, 5.74) is 3.02. The fraction of sp³-hybridized carbons (Fsp3) is 0.524. The number of hydrogen-bond acceptors (Lipinski definition) is 1. The predicted molar refractivity (Wildman–Crippen MR) is 100 cm³/mol. The maximum atomic E-state index is 6.07. The summed E-state index contributed by atoms with van der Waals surface area (Å²) < 4.78 is 0. The van der Waals surface area contributed by atoms with Crippen LogP contribution >= 0.6 is 11.6 Å². The summed E-state index contributed by atoms with van der Waals surface area (Å²) in [7, 11) is 0. The quantitative estimate of drug-likeness (QED) is 0.557. The molecule has 1 nitrogen and oxygen atoms in total. The molecule has 1 fully saturated rings. The highest BCUT2D eigenvalue weighted by molar-refractivity contribution is 6.30. The Bertz CT molecular complexity index is 537. The van der Waals surface area contributed by atoms with E-state index in [0.717, 1.165) is 5.02 Å². The zero-order valence-electron chi connectivity index (χ0n) is 14.0. The van der Waals surface area contributed by atoms with Gasteiger partial charge in [-0.2, -0.15) is 0 Å². The van der Waals surface area contributed by atoms with E-state index in [-0.39, 0.29) is 0 Å². The van der Waals surface area contributed by atoms with Crippen LogP contribution in [0.3, 0.4) is 0 Å². The zero-order chi connectivity index (χ0) is 15.9. The van der Waals surface area contributed by atoms with E-state index in [0.29, 0.717) is 5.92 Å². The molecule has 1 aromatic rings. The molecule has 3 rings (SSSR count). The van der Waals surface area contributed by atoms with Crippen molar-refractivity contribution in [2.45, 2.75) is 50.9 Å². The van der Waals surface area contributed by atoms with Gasteiger partial charge in [-0.1, -0.05) is 54.0 Å². The maximum Gasteiger partial charge on any atom is 0.0406 e. The molecule has 1 unspecified atom stereocenters. The van der Waals surface area contributed by atoms with Gasteiger partial charge in [0.15, 0.2) is 0 Å². The predicted octanol–water partition coefficient (Wildman–Crippen LogP) is 5.97. The van der Waals surface area contributed by atoms with Crippen molar-refractivity contribution in [3.05, 3.63) is 58.7 Å². The highest BCUT2D eigenvalue weighted by Gasteiger charge is 2.17.